The number of hydrogen-bond donors (Lipinski definition) is 3. The Hall–Kier alpha value is -0.692. The first-order valence-electron chi connectivity index (χ1n) is 1.93. The van der Waals surface area contributed by atoms with E-state index >= 15 is 0 Å². The van der Waals surface area contributed by atoms with Gasteiger partial charge in [-0.05, 0) is 0 Å². The summed E-state index contributed by atoms with van der Waals surface area (Å²) >= 11 is -6.42. The molecule has 0 spiro atoms. The van der Waals surface area contributed by atoms with Crippen molar-refractivity contribution in [2.24, 2.45) is 12.9 Å². The second-order valence-electron chi connectivity index (χ2n) is 2.03. The first-order valence-corrected chi connectivity index (χ1v) is 11.4. The van der Waals surface area contributed by atoms with Crippen LogP contribution < -0.4 is 12.9 Å². The van der Waals surface area contributed by atoms with Crippen LogP contribution in [0.25, 0.3) is 0 Å². The zero-order chi connectivity index (χ0) is 8.53. The molecule has 0 saturated carbocycles. The molecule has 0 aromatic rings. The molecule has 0 unspecified atom stereocenters. The fourth-order valence-corrected chi connectivity index (χ4v) is 0.418. The normalized spacial score (nSPS) is 17.1. The van der Waals surface area contributed by atoms with Crippen LogP contribution in [0, 0.1) is 0 Å². The van der Waals surface area contributed by atoms with E-state index in [1.807, 2.05) is 0 Å². The standard InChI is InChI=1S/3CO.3H2N.W/c3*1-2;;;;/h;;;3*1H2;/q;;;3*-1;+3. The van der Waals surface area contributed by atoms with Crippen molar-refractivity contribution in [3.63, 3.8) is 0 Å². The van der Waals surface area contributed by atoms with Gasteiger partial charge in [0.1, 0.15) is 0 Å². The molecule has 0 heterocycles. The van der Waals surface area contributed by atoms with E-state index in [-0.39, 0.29) is 0 Å². The molecule has 0 rings (SSSR count). The predicted molar refractivity (Wildman–Crippen MR) is 29.6 cm³/mol. The van der Waals surface area contributed by atoms with Gasteiger partial charge in [-0.1, -0.05) is 0 Å². The van der Waals surface area contributed by atoms with Crippen LogP contribution in [0.5, 0.6) is 0 Å². The third kappa shape index (κ3) is 1.42. The van der Waals surface area contributed by atoms with Gasteiger partial charge in [0.05, 0.1) is 0 Å². The predicted octanol–water partition coefficient (Wildman–Crippen LogP) is -2.97. The van der Waals surface area contributed by atoms with Gasteiger partial charge in [-0.25, -0.2) is 0 Å². The summed E-state index contributed by atoms with van der Waals surface area (Å²) < 4.78 is 17.2. The van der Waals surface area contributed by atoms with Crippen molar-refractivity contribution in [2.75, 3.05) is 0 Å². The summed E-state index contributed by atoms with van der Waals surface area (Å²) in [5.41, 5.74) is 0. The van der Waals surface area contributed by atoms with Gasteiger partial charge >= 0.3 is 53.0 Å². The Morgan fingerprint density at radius 3 is 1.00 bits per heavy atom. The minimum absolute atomic E-state index is 0.868. The van der Waals surface area contributed by atoms with E-state index in [1.165, 1.54) is 0 Å². The quantitative estimate of drug-likeness (QED) is 0.438. The molecule has 7 heteroatoms. The Morgan fingerprint density at radius 2 is 1.00 bits per heavy atom. The molecule has 0 aromatic heterocycles. The van der Waals surface area contributed by atoms with Crippen molar-refractivity contribution >= 4 is 12.8 Å². The van der Waals surface area contributed by atoms with Gasteiger partial charge in [0.15, 0.2) is 0 Å². The summed E-state index contributed by atoms with van der Waals surface area (Å²) in [6.07, 6.45) is 0. The van der Waals surface area contributed by atoms with Gasteiger partial charge in [0.25, 0.3) is 0 Å². The van der Waals surface area contributed by atoms with Gasteiger partial charge in [-0.3, -0.25) is 0 Å². The fraction of sp³-hybridized carbons (Fsp3) is 0. The van der Waals surface area contributed by atoms with Gasteiger partial charge in [0, 0.05) is 0 Å². The van der Waals surface area contributed by atoms with Crippen molar-refractivity contribution < 1.29 is 27.3 Å². The molecule has 0 amide bonds. The molecule has 0 atom stereocenters. The molecule has 0 aliphatic rings. The van der Waals surface area contributed by atoms with Crippen LogP contribution in [-0.4, -0.2) is 12.8 Å². The molecule has 0 saturated heterocycles. The Labute approximate surface area is 53.5 Å². The van der Waals surface area contributed by atoms with Crippen molar-refractivity contribution in [1.29, 1.82) is 0 Å². The Kier molecular flexibility index (Phi) is 1.38. The molecule has 0 aliphatic carbocycles. The molecule has 6 N–H and O–H groups in total. The van der Waals surface area contributed by atoms with Gasteiger partial charge < -0.3 is 0 Å². The van der Waals surface area contributed by atoms with E-state index in [0.717, 1.165) is 12.8 Å². The van der Waals surface area contributed by atoms with Crippen LogP contribution in [0.3, 0.4) is 0 Å². The molecular formula is C3H6N3O3W. The number of nitrogens with two attached hydrogens (primary N) is 3. The zero-order valence-corrected chi connectivity index (χ0v) is 7.80. The van der Waals surface area contributed by atoms with E-state index in [9.17, 15) is 14.4 Å². The number of hydrogen-bond acceptors (Lipinski definition) is 6. The van der Waals surface area contributed by atoms with Crippen molar-refractivity contribution in [3.8, 4) is 0 Å². The van der Waals surface area contributed by atoms with Crippen molar-refractivity contribution in [1.82, 2.24) is 0 Å². The maximum absolute atomic E-state index is 10.00. The van der Waals surface area contributed by atoms with Gasteiger partial charge in [0.2, 0.25) is 0 Å². The zero-order valence-electron chi connectivity index (χ0n) is 4.87. The van der Waals surface area contributed by atoms with Crippen LogP contribution in [0.15, 0.2) is 0 Å². The third-order valence-electron chi connectivity index (χ3n) is 0.683. The van der Waals surface area contributed by atoms with Crippen molar-refractivity contribution in [3.05, 3.63) is 0 Å². The van der Waals surface area contributed by atoms with Gasteiger partial charge in [-0.2, -0.15) is 0 Å². The summed E-state index contributed by atoms with van der Waals surface area (Å²) in [7, 11) is 0. The number of rotatable bonds is 0. The number of carbonyl (C=O) groups excluding carboxylic acids is 3. The summed E-state index contributed by atoms with van der Waals surface area (Å²) in [5, 5.41) is 0. The SMILES string of the molecule is [NH2][W]([NH2])([NH2])(=[C]=O)(=[C]=O)=[C]=O. The molecule has 0 radical (unpaired) electrons. The first kappa shape index (κ1) is 9.31. The molecule has 0 bridgehead atoms. The molecule has 0 aromatic carbocycles. The van der Waals surface area contributed by atoms with E-state index in [4.69, 9.17) is 12.9 Å². The Morgan fingerprint density at radius 1 is 0.800 bits per heavy atom. The molecule has 10 heavy (non-hydrogen) atoms. The minimum atomic E-state index is -6.42. The average molecular weight is 316 g/mol. The second-order valence-corrected chi connectivity index (χ2v) is 16.6. The molecule has 57 valence electrons. The molecular weight excluding hydrogens is 310 g/mol. The third-order valence-corrected chi connectivity index (χ3v) is 5.59. The van der Waals surface area contributed by atoms with Crippen LogP contribution in [0.2, 0.25) is 0 Å². The average Bonchev–Trinajstić information content (AvgIpc) is 1.90. The summed E-state index contributed by atoms with van der Waals surface area (Å²) in [6.45, 7) is 0. The van der Waals surface area contributed by atoms with Crippen LogP contribution in [0.1, 0.15) is 0 Å². The summed E-state index contributed by atoms with van der Waals surface area (Å²) in [6, 6.07) is 0. The molecule has 0 fully saturated rings. The summed E-state index contributed by atoms with van der Waals surface area (Å²) in [4.78, 5) is 30.0. The monoisotopic (exact) mass is 316 g/mol. The molecule has 0 aliphatic heterocycles. The van der Waals surface area contributed by atoms with E-state index in [1.54, 1.807) is 0 Å². The van der Waals surface area contributed by atoms with E-state index < -0.39 is 12.9 Å². The maximum atomic E-state index is 10.00. The first-order chi connectivity index (χ1) is 4.21. The van der Waals surface area contributed by atoms with Crippen LogP contribution in [0.4, 0.5) is 0 Å². The van der Waals surface area contributed by atoms with Crippen LogP contribution >= 0.6 is 0 Å². The van der Waals surface area contributed by atoms with E-state index in [2.05, 4.69) is 0 Å². The molecule has 6 nitrogen and oxygen atoms in total. The van der Waals surface area contributed by atoms with Crippen molar-refractivity contribution in [2.45, 2.75) is 0 Å². The van der Waals surface area contributed by atoms with Crippen LogP contribution in [-0.2, 0) is 27.3 Å². The Balaban J connectivity index is 7.73. The van der Waals surface area contributed by atoms with E-state index in [0.29, 0.717) is 0 Å². The fourth-order valence-electron chi connectivity index (χ4n) is 0.0510. The summed E-state index contributed by atoms with van der Waals surface area (Å²) in [5.74, 6) is 0. The topological polar surface area (TPSA) is 129 Å². The van der Waals surface area contributed by atoms with Gasteiger partial charge in [-0.15, -0.1) is 0 Å². The second kappa shape index (κ2) is 1.48. The Bertz CT molecular complexity index is 422.